The van der Waals surface area contributed by atoms with Crippen LogP contribution in [0.5, 0.6) is 5.75 Å². The number of benzene rings is 1. The van der Waals surface area contributed by atoms with Gasteiger partial charge in [0.1, 0.15) is 0 Å². The molecule has 8 heteroatoms. The molecule has 1 aliphatic rings. The monoisotopic (exact) mass is 306 g/mol. The fraction of sp³-hybridized carbons (Fsp3) is 0.462. The molecule has 3 nitrogen and oxygen atoms in total. The van der Waals surface area contributed by atoms with Crippen molar-refractivity contribution in [2.45, 2.75) is 31.3 Å². The molecule has 1 fully saturated rings. The largest absolute Gasteiger partial charge is 0.487 e. The molecule has 0 aromatic heterocycles. The summed E-state index contributed by atoms with van der Waals surface area (Å²) in [4.78, 5) is 0. The number of nitrogens with one attached hydrogen (secondary N) is 1. The van der Waals surface area contributed by atoms with Crippen molar-refractivity contribution in [1.82, 2.24) is 5.32 Å². The molecule has 0 heterocycles. The first-order chi connectivity index (χ1) is 9.95. The Morgan fingerprint density at radius 2 is 1.57 bits per heavy atom. The molecule has 1 N–H and O–H groups in total. The van der Waals surface area contributed by atoms with Gasteiger partial charge in [-0.15, -0.1) is 0 Å². The highest BCUT2D eigenvalue weighted by molar-refractivity contribution is 5.29. The molecule has 1 aromatic rings. The van der Waals surface area contributed by atoms with E-state index in [0.717, 1.165) is 12.8 Å². The first-order valence-electron chi connectivity index (χ1n) is 6.25. The second-order valence-electron chi connectivity index (χ2n) is 4.66. The van der Waals surface area contributed by atoms with E-state index in [1.165, 1.54) is 0 Å². The average Bonchev–Trinajstić information content (AvgIpc) is 3.29. The number of ether oxygens (including phenoxy) is 1. The van der Waals surface area contributed by atoms with Crippen molar-refractivity contribution in [1.29, 1.82) is 5.26 Å². The third-order valence-corrected chi connectivity index (χ3v) is 2.99. The van der Waals surface area contributed by atoms with Crippen LogP contribution in [0.2, 0.25) is 0 Å². The van der Waals surface area contributed by atoms with Gasteiger partial charge in [-0.2, -0.15) is 14.0 Å². The first kappa shape index (κ1) is 15.5. The maximum Gasteiger partial charge on any atom is 0.206 e. The fourth-order valence-electron chi connectivity index (χ4n) is 1.71. The summed E-state index contributed by atoms with van der Waals surface area (Å²) in [5.41, 5.74) is 0. The molecule has 2 rings (SSSR count). The van der Waals surface area contributed by atoms with Gasteiger partial charge in [0.05, 0.1) is 18.7 Å². The molecule has 0 radical (unpaired) electrons. The van der Waals surface area contributed by atoms with E-state index in [2.05, 4.69) is 10.1 Å². The lowest BCUT2D eigenvalue weighted by Gasteiger charge is -2.13. The van der Waals surface area contributed by atoms with E-state index < -0.39 is 40.9 Å². The van der Waals surface area contributed by atoms with Crippen LogP contribution in [0.3, 0.4) is 0 Å². The van der Waals surface area contributed by atoms with Gasteiger partial charge < -0.3 is 4.74 Å². The molecular formula is C13H11F5N2O. The third-order valence-electron chi connectivity index (χ3n) is 2.99. The van der Waals surface area contributed by atoms with Crippen LogP contribution >= 0.6 is 0 Å². The van der Waals surface area contributed by atoms with Gasteiger partial charge in [-0.05, 0) is 12.8 Å². The Labute approximate surface area is 117 Å². The van der Waals surface area contributed by atoms with Crippen LogP contribution in [0.1, 0.15) is 19.3 Å². The van der Waals surface area contributed by atoms with E-state index in [1.54, 1.807) is 0 Å². The van der Waals surface area contributed by atoms with E-state index in [-0.39, 0.29) is 19.1 Å². The summed E-state index contributed by atoms with van der Waals surface area (Å²) in [6, 6.07) is 1.58. The van der Waals surface area contributed by atoms with Gasteiger partial charge in [0.25, 0.3) is 0 Å². The molecule has 1 atom stereocenters. The van der Waals surface area contributed by atoms with Gasteiger partial charge in [0.15, 0.2) is 5.75 Å². The molecule has 0 aliphatic heterocycles. The van der Waals surface area contributed by atoms with Gasteiger partial charge in [-0.1, -0.05) is 0 Å². The minimum atomic E-state index is -2.23. The second-order valence-corrected chi connectivity index (χ2v) is 4.66. The highest BCUT2D eigenvalue weighted by Crippen LogP contribution is 2.29. The summed E-state index contributed by atoms with van der Waals surface area (Å²) in [6.07, 6.45) is 1.94. The Morgan fingerprint density at radius 3 is 2.05 bits per heavy atom. The number of hydrogen-bond donors (Lipinski definition) is 1. The second kappa shape index (κ2) is 6.26. The Balaban J connectivity index is 2.01. The molecular weight excluding hydrogens is 295 g/mol. The van der Waals surface area contributed by atoms with Crippen LogP contribution < -0.4 is 10.1 Å². The van der Waals surface area contributed by atoms with Crippen molar-refractivity contribution >= 4 is 0 Å². The van der Waals surface area contributed by atoms with Crippen molar-refractivity contribution in [2.24, 2.45) is 0 Å². The Hall–Kier alpha value is -1.88. The molecule has 0 bridgehead atoms. The molecule has 1 aromatic carbocycles. The summed E-state index contributed by atoms with van der Waals surface area (Å²) in [5, 5.41) is 11.8. The zero-order valence-electron chi connectivity index (χ0n) is 10.7. The van der Waals surface area contributed by atoms with Crippen LogP contribution in [0.4, 0.5) is 22.0 Å². The van der Waals surface area contributed by atoms with Gasteiger partial charge >= 0.3 is 0 Å². The molecule has 21 heavy (non-hydrogen) atoms. The molecule has 114 valence electrons. The van der Waals surface area contributed by atoms with Crippen LogP contribution in [0.25, 0.3) is 0 Å². The quantitative estimate of drug-likeness (QED) is 0.499. The summed E-state index contributed by atoms with van der Waals surface area (Å²) >= 11 is 0. The van der Waals surface area contributed by atoms with E-state index in [4.69, 9.17) is 5.26 Å². The lowest BCUT2D eigenvalue weighted by atomic mass is 10.2. The zero-order chi connectivity index (χ0) is 15.6. The third kappa shape index (κ3) is 3.42. The predicted octanol–water partition coefficient (Wildman–Crippen LogP) is 2.80. The molecule has 1 aliphatic carbocycles. The van der Waals surface area contributed by atoms with E-state index in [9.17, 15) is 22.0 Å². The number of rotatable bonds is 6. The fourth-order valence-corrected chi connectivity index (χ4v) is 1.71. The van der Waals surface area contributed by atoms with Gasteiger partial charge in [0.2, 0.25) is 29.1 Å². The highest BCUT2D eigenvalue weighted by atomic mass is 19.2. The normalized spacial score (nSPS) is 15.6. The SMILES string of the molecule is N#CC(CCOc1c(F)c(F)c(F)c(F)c1F)NC1CC1. The van der Waals surface area contributed by atoms with E-state index >= 15 is 0 Å². The van der Waals surface area contributed by atoms with Crippen LogP contribution in [0, 0.1) is 40.4 Å². The van der Waals surface area contributed by atoms with Gasteiger partial charge in [-0.25, -0.2) is 13.2 Å². The summed E-state index contributed by atoms with van der Waals surface area (Å²) in [6.45, 7) is -0.351. The molecule has 1 unspecified atom stereocenters. The lowest BCUT2D eigenvalue weighted by Crippen LogP contribution is -2.31. The van der Waals surface area contributed by atoms with Crippen molar-refractivity contribution < 1.29 is 26.7 Å². The number of nitrogens with zero attached hydrogens (tertiary/aromatic N) is 1. The van der Waals surface area contributed by atoms with Gasteiger partial charge in [-0.3, -0.25) is 5.32 Å². The van der Waals surface area contributed by atoms with Crippen molar-refractivity contribution in [3.8, 4) is 11.8 Å². The minimum absolute atomic E-state index is 0.0620. The maximum atomic E-state index is 13.3. The topological polar surface area (TPSA) is 45.0 Å². The Kier molecular flexibility index (Phi) is 4.63. The number of halogens is 5. The van der Waals surface area contributed by atoms with E-state index in [0.29, 0.717) is 0 Å². The van der Waals surface area contributed by atoms with Crippen LogP contribution in [-0.4, -0.2) is 18.7 Å². The summed E-state index contributed by atoms with van der Waals surface area (Å²) in [5.74, 6) is -11.7. The first-order valence-corrected chi connectivity index (χ1v) is 6.25. The zero-order valence-corrected chi connectivity index (χ0v) is 10.7. The standard InChI is InChI=1S/C13H11F5N2O/c14-8-9(15)11(17)13(12(18)10(8)16)21-4-3-7(5-19)20-6-1-2-6/h6-7,20H,1-4H2. The summed E-state index contributed by atoms with van der Waals surface area (Å²) in [7, 11) is 0. The number of nitriles is 1. The van der Waals surface area contributed by atoms with Crippen molar-refractivity contribution in [3.63, 3.8) is 0 Å². The smallest absolute Gasteiger partial charge is 0.206 e. The van der Waals surface area contributed by atoms with Crippen LogP contribution in [-0.2, 0) is 0 Å². The summed E-state index contributed by atoms with van der Waals surface area (Å²) < 4.78 is 69.9. The number of hydrogen-bond acceptors (Lipinski definition) is 3. The minimum Gasteiger partial charge on any atom is -0.487 e. The Bertz CT molecular complexity index is 554. The molecule has 1 saturated carbocycles. The predicted molar refractivity (Wildman–Crippen MR) is 61.9 cm³/mol. The maximum absolute atomic E-state index is 13.3. The van der Waals surface area contributed by atoms with Crippen LogP contribution in [0.15, 0.2) is 0 Å². The lowest BCUT2D eigenvalue weighted by molar-refractivity contribution is 0.251. The highest BCUT2D eigenvalue weighted by Gasteiger charge is 2.28. The average molecular weight is 306 g/mol. The molecule has 0 amide bonds. The molecule has 0 saturated heterocycles. The Morgan fingerprint density at radius 1 is 1.05 bits per heavy atom. The molecule has 0 spiro atoms. The van der Waals surface area contributed by atoms with Crippen molar-refractivity contribution in [2.75, 3.05) is 6.61 Å². The van der Waals surface area contributed by atoms with Crippen molar-refractivity contribution in [3.05, 3.63) is 29.1 Å². The van der Waals surface area contributed by atoms with E-state index in [1.807, 2.05) is 6.07 Å². The van der Waals surface area contributed by atoms with Gasteiger partial charge in [0, 0.05) is 12.5 Å².